The minimum absolute atomic E-state index is 0. The molecule has 0 aliphatic rings. The molecule has 1 atom stereocenters. The molecule has 80 valence electrons. The van der Waals surface area contributed by atoms with E-state index in [1.54, 1.807) is 0 Å². The van der Waals surface area contributed by atoms with Crippen LogP contribution in [0.3, 0.4) is 0 Å². The second kappa shape index (κ2) is 18.9. The molecule has 0 aromatic rings. The van der Waals surface area contributed by atoms with Gasteiger partial charge in [0.15, 0.2) is 6.29 Å². The summed E-state index contributed by atoms with van der Waals surface area (Å²) in [7, 11) is 0. The molecule has 0 amide bonds. The zero-order chi connectivity index (χ0) is 7.82. The Morgan fingerprint density at radius 3 is 2.08 bits per heavy atom. The van der Waals surface area contributed by atoms with Crippen molar-refractivity contribution < 1.29 is 56.4 Å². The van der Waals surface area contributed by atoms with Crippen molar-refractivity contribution in [3.8, 4) is 0 Å². The Morgan fingerprint density at radius 2 is 1.69 bits per heavy atom. The number of rotatable bonds is 6. The van der Waals surface area contributed by atoms with Gasteiger partial charge in [0.05, 0.1) is 0 Å². The van der Waals surface area contributed by atoms with E-state index >= 15 is 0 Å². The predicted molar refractivity (Wildman–Crippen MR) is 41.8 cm³/mol. The largest absolute Gasteiger partial charge is 2.00 e. The number of halogens is 2. The number of aliphatic hydroxyl groups is 1. The van der Waals surface area contributed by atoms with Crippen LogP contribution in [0.25, 0.3) is 0 Å². The second-order valence-electron chi connectivity index (χ2n) is 2.47. The van der Waals surface area contributed by atoms with Crippen LogP contribution in [0.5, 0.6) is 0 Å². The van der Waals surface area contributed by atoms with E-state index in [2.05, 4.69) is 6.92 Å². The first-order chi connectivity index (χ1) is 4.81. The molecule has 5 heteroatoms. The second-order valence-corrected chi connectivity index (χ2v) is 2.47. The normalized spacial score (nSPS) is 10.4. The molecule has 0 saturated carbocycles. The van der Waals surface area contributed by atoms with E-state index in [9.17, 15) is 0 Å². The summed E-state index contributed by atoms with van der Waals surface area (Å²) in [6, 6.07) is 0. The quantitative estimate of drug-likeness (QED) is 0.301. The van der Waals surface area contributed by atoms with Crippen LogP contribution in [0.2, 0.25) is 0 Å². The number of ether oxygens (including phenoxy) is 1. The van der Waals surface area contributed by atoms with E-state index in [-0.39, 0.29) is 46.5 Å². The van der Waals surface area contributed by atoms with Crippen LogP contribution >= 0.6 is 0 Å². The molecular weight excluding hydrogens is 247 g/mol. The molecule has 0 fully saturated rings. The zero-order valence-corrected chi connectivity index (χ0v) is 11.3. The van der Waals surface area contributed by atoms with Crippen LogP contribution in [-0.4, -0.2) is 18.0 Å². The van der Waals surface area contributed by atoms with Crippen molar-refractivity contribution in [1.82, 2.24) is 0 Å². The van der Waals surface area contributed by atoms with Crippen molar-refractivity contribution in [3.05, 3.63) is 0 Å². The van der Waals surface area contributed by atoms with Crippen molar-refractivity contribution >= 4 is 0 Å². The predicted octanol–water partition coefficient (Wildman–Crippen LogP) is -4.07. The Labute approximate surface area is 109 Å². The Morgan fingerprint density at radius 1 is 1.15 bits per heavy atom. The minimum atomic E-state index is -0.531. The fourth-order valence-electron chi connectivity index (χ4n) is 0.694. The number of unbranched alkanes of at least 4 members (excludes halogenated alkanes) is 1. The van der Waals surface area contributed by atoms with Crippen LogP contribution in [0, 0.1) is 0 Å². The van der Waals surface area contributed by atoms with Gasteiger partial charge < -0.3 is 34.7 Å². The fourth-order valence-corrected chi connectivity index (χ4v) is 0.694. The monoisotopic (exact) mass is 264 g/mol. The molecule has 0 aromatic carbocycles. The summed E-state index contributed by atoms with van der Waals surface area (Å²) in [5.74, 6) is 0. The first-order valence-corrected chi connectivity index (χ1v) is 4.11. The molecular formula is C8H18Cl2O2Ti. The molecule has 0 radical (unpaired) electrons. The van der Waals surface area contributed by atoms with Gasteiger partial charge in [-0.25, -0.2) is 0 Å². The third kappa shape index (κ3) is 19.6. The summed E-state index contributed by atoms with van der Waals surface area (Å²) in [6.07, 6.45) is 3.37. The molecule has 0 bridgehead atoms. The van der Waals surface area contributed by atoms with E-state index in [0.717, 1.165) is 25.7 Å². The van der Waals surface area contributed by atoms with Gasteiger partial charge >= 0.3 is 21.7 Å². The Bertz CT molecular complexity index is 77.2. The topological polar surface area (TPSA) is 29.5 Å². The van der Waals surface area contributed by atoms with Gasteiger partial charge in [-0.05, 0) is 12.8 Å². The number of hydrogen-bond acceptors (Lipinski definition) is 2. The molecule has 0 spiro atoms. The third-order valence-corrected chi connectivity index (χ3v) is 1.34. The maximum atomic E-state index is 9.05. The van der Waals surface area contributed by atoms with Gasteiger partial charge in [-0.2, -0.15) is 0 Å². The Balaban J connectivity index is -0.000000135. The van der Waals surface area contributed by atoms with Crippen LogP contribution in [-0.2, 0) is 26.5 Å². The third-order valence-electron chi connectivity index (χ3n) is 1.34. The average Bonchev–Trinajstić information content (AvgIpc) is 1.89. The van der Waals surface area contributed by atoms with Crippen molar-refractivity contribution in [2.45, 2.75) is 45.8 Å². The Hall–Kier alpha value is 1.21. The first-order valence-electron chi connectivity index (χ1n) is 4.11. The standard InChI is InChI=1S/C8H18O2.2ClH.Ti/c1-3-5-7-10-8(9)6-4-2;;;/h8-9H,3-7H2,1-2H3;2*1H;/q;;;+2/p-2. The van der Waals surface area contributed by atoms with Gasteiger partial charge in [0.2, 0.25) is 0 Å². The summed E-state index contributed by atoms with van der Waals surface area (Å²) in [6.45, 7) is 4.83. The van der Waals surface area contributed by atoms with E-state index < -0.39 is 6.29 Å². The molecule has 0 aliphatic carbocycles. The minimum Gasteiger partial charge on any atom is -1.00 e. The van der Waals surface area contributed by atoms with Crippen LogP contribution < -0.4 is 24.8 Å². The van der Waals surface area contributed by atoms with Crippen LogP contribution in [0.4, 0.5) is 0 Å². The first kappa shape index (κ1) is 23.8. The summed E-state index contributed by atoms with van der Waals surface area (Å²) in [4.78, 5) is 0. The maximum absolute atomic E-state index is 9.05. The molecule has 2 nitrogen and oxygen atoms in total. The van der Waals surface area contributed by atoms with Crippen molar-refractivity contribution in [2.75, 3.05) is 6.61 Å². The van der Waals surface area contributed by atoms with Crippen LogP contribution in [0.15, 0.2) is 0 Å². The molecule has 0 aliphatic heterocycles. The molecule has 0 saturated heterocycles. The molecule has 1 N–H and O–H groups in total. The van der Waals surface area contributed by atoms with Crippen molar-refractivity contribution in [1.29, 1.82) is 0 Å². The van der Waals surface area contributed by atoms with Gasteiger partial charge in [0, 0.05) is 6.61 Å². The molecule has 13 heavy (non-hydrogen) atoms. The van der Waals surface area contributed by atoms with Gasteiger partial charge in [-0.3, -0.25) is 0 Å². The molecule has 1 unspecified atom stereocenters. The SMILES string of the molecule is CCCCOC(O)CCC.[Cl-].[Cl-].[Ti+2]. The number of hydrogen-bond donors (Lipinski definition) is 1. The van der Waals surface area contributed by atoms with Crippen molar-refractivity contribution in [2.24, 2.45) is 0 Å². The van der Waals surface area contributed by atoms with Crippen LogP contribution in [0.1, 0.15) is 39.5 Å². The van der Waals surface area contributed by atoms with Crippen molar-refractivity contribution in [3.63, 3.8) is 0 Å². The summed E-state index contributed by atoms with van der Waals surface area (Å²) >= 11 is 0. The maximum Gasteiger partial charge on any atom is 2.00 e. The van der Waals surface area contributed by atoms with Gasteiger partial charge in [0.25, 0.3) is 0 Å². The molecule has 0 rings (SSSR count). The van der Waals surface area contributed by atoms with E-state index in [4.69, 9.17) is 9.84 Å². The van der Waals surface area contributed by atoms with E-state index in [0.29, 0.717) is 6.61 Å². The number of aliphatic hydroxyl groups excluding tert-OH is 1. The summed E-state index contributed by atoms with van der Waals surface area (Å²) in [5.41, 5.74) is 0. The smallest absolute Gasteiger partial charge is 1.00 e. The van der Waals surface area contributed by atoms with E-state index in [1.807, 2.05) is 6.92 Å². The Kier molecular flexibility index (Phi) is 34.6. The van der Waals surface area contributed by atoms with Gasteiger partial charge in [-0.15, -0.1) is 0 Å². The van der Waals surface area contributed by atoms with Gasteiger partial charge in [0.1, 0.15) is 0 Å². The zero-order valence-electron chi connectivity index (χ0n) is 8.22. The summed E-state index contributed by atoms with van der Waals surface area (Å²) in [5, 5.41) is 9.05. The molecule has 0 aromatic heterocycles. The summed E-state index contributed by atoms with van der Waals surface area (Å²) < 4.78 is 5.08. The van der Waals surface area contributed by atoms with Gasteiger partial charge in [-0.1, -0.05) is 26.7 Å². The fraction of sp³-hybridized carbons (Fsp3) is 1.00. The average molecular weight is 265 g/mol. The molecule has 0 heterocycles. The van der Waals surface area contributed by atoms with E-state index in [1.165, 1.54) is 0 Å².